The second kappa shape index (κ2) is 8.84. The predicted octanol–water partition coefficient (Wildman–Crippen LogP) is 5.07. The Hall–Kier alpha value is -3.03. The van der Waals surface area contributed by atoms with Gasteiger partial charge >= 0.3 is 0 Å². The number of carbonyl (C=O) groups is 1. The summed E-state index contributed by atoms with van der Waals surface area (Å²) in [7, 11) is 0. The first-order valence-electron chi connectivity index (χ1n) is 10.3. The molecule has 1 amide bonds. The molecule has 0 radical (unpaired) electrons. The highest BCUT2D eigenvalue weighted by Crippen LogP contribution is 2.31. The number of hydrogen-bond donors (Lipinski definition) is 0. The average Bonchev–Trinajstić information content (AvgIpc) is 2.84. The maximum absolute atomic E-state index is 13.6. The Morgan fingerprint density at radius 3 is 2.44 bits per heavy atom. The van der Waals surface area contributed by atoms with Crippen LogP contribution in [-0.2, 0) is 0 Å². The van der Waals surface area contributed by atoms with Crippen LogP contribution in [0.25, 0.3) is 22.2 Å². The first-order valence-corrected chi connectivity index (χ1v) is 11.4. The van der Waals surface area contributed by atoms with Gasteiger partial charge < -0.3 is 9.80 Å². The van der Waals surface area contributed by atoms with Crippen molar-refractivity contribution in [1.82, 2.24) is 19.9 Å². The van der Waals surface area contributed by atoms with Gasteiger partial charge in [-0.3, -0.25) is 4.79 Å². The van der Waals surface area contributed by atoms with Crippen LogP contribution in [0.3, 0.4) is 0 Å². The van der Waals surface area contributed by atoms with Gasteiger partial charge in [0.05, 0.1) is 16.8 Å². The van der Waals surface area contributed by atoms with E-state index >= 15 is 0 Å². The molecule has 160 valence electrons. The molecule has 0 atom stereocenters. The van der Waals surface area contributed by atoms with Crippen molar-refractivity contribution in [3.8, 4) is 11.3 Å². The summed E-state index contributed by atoms with van der Waals surface area (Å²) in [5, 5.41) is 1.42. The van der Waals surface area contributed by atoms with Gasteiger partial charge in [-0.1, -0.05) is 45.7 Å². The van der Waals surface area contributed by atoms with Crippen molar-refractivity contribution < 1.29 is 4.79 Å². The number of carbonyl (C=O) groups excluding carboxylic acids is 1. The number of fused-ring (bicyclic) bond motifs is 1. The van der Waals surface area contributed by atoms with E-state index in [4.69, 9.17) is 16.6 Å². The second-order valence-corrected chi connectivity index (χ2v) is 8.85. The van der Waals surface area contributed by atoms with Crippen LogP contribution in [0.15, 0.2) is 71.5 Å². The van der Waals surface area contributed by atoms with E-state index in [1.165, 1.54) is 0 Å². The Bertz CT molecular complexity index is 1290. The maximum Gasteiger partial charge on any atom is 0.254 e. The molecule has 8 heteroatoms. The highest BCUT2D eigenvalue weighted by molar-refractivity contribution is 9.10. The maximum atomic E-state index is 13.6. The number of nitrogens with zero attached hydrogens (tertiary/aromatic N) is 5. The zero-order valence-corrected chi connectivity index (χ0v) is 19.4. The summed E-state index contributed by atoms with van der Waals surface area (Å²) >= 11 is 9.96. The van der Waals surface area contributed by atoms with Crippen LogP contribution in [0.5, 0.6) is 0 Å². The van der Waals surface area contributed by atoms with Crippen LogP contribution in [0.2, 0.25) is 5.02 Å². The van der Waals surface area contributed by atoms with E-state index in [0.29, 0.717) is 48.4 Å². The molecule has 2 aromatic carbocycles. The zero-order chi connectivity index (χ0) is 22.1. The van der Waals surface area contributed by atoms with Crippen molar-refractivity contribution in [2.45, 2.75) is 0 Å². The molecule has 1 fully saturated rings. The van der Waals surface area contributed by atoms with Crippen LogP contribution in [0, 0.1) is 0 Å². The lowest BCUT2D eigenvalue weighted by Crippen LogP contribution is -2.49. The van der Waals surface area contributed by atoms with Crippen LogP contribution in [0.4, 0.5) is 5.95 Å². The predicted molar refractivity (Wildman–Crippen MR) is 130 cm³/mol. The summed E-state index contributed by atoms with van der Waals surface area (Å²) in [6.07, 6.45) is 3.47. The van der Waals surface area contributed by atoms with Gasteiger partial charge in [-0.05, 0) is 36.4 Å². The second-order valence-electron chi connectivity index (χ2n) is 7.52. The van der Waals surface area contributed by atoms with Gasteiger partial charge in [-0.25, -0.2) is 15.0 Å². The topological polar surface area (TPSA) is 62.2 Å². The summed E-state index contributed by atoms with van der Waals surface area (Å²) in [5.41, 5.74) is 2.87. The SMILES string of the molecule is O=C(c1cc(-c2ccccc2Cl)nc2ccc(Br)cc12)N1CCN(c2ncccn2)CC1. The highest BCUT2D eigenvalue weighted by Gasteiger charge is 2.25. The standard InChI is InChI=1S/C24H19BrClN5O/c25-16-6-7-21-18(14-16)19(15-22(29-21)17-4-1-2-5-20(17)26)23(32)30-10-12-31(13-11-30)24-27-8-3-9-28-24/h1-9,14-15H,10-13H2. The lowest BCUT2D eigenvalue weighted by atomic mass is 10.0. The number of hydrogen-bond acceptors (Lipinski definition) is 5. The van der Waals surface area contributed by atoms with E-state index in [-0.39, 0.29) is 5.91 Å². The Morgan fingerprint density at radius 1 is 0.938 bits per heavy atom. The fourth-order valence-corrected chi connectivity index (χ4v) is 4.51. The Balaban J connectivity index is 1.49. The fourth-order valence-electron chi connectivity index (χ4n) is 3.92. The van der Waals surface area contributed by atoms with Gasteiger partial charge in [0, 0.05) is 59.0 Å². The molecule has 0 aliphatic carbocycles. The molecule has 0 N–H and O–H groups in total. The lowest BCUT2D eigenvalue weighted by Gasteiger charge is -2.35. The summed E-state index contributed by atoms with van der Waals surface area (Å²) in [6, 6.07) is 17.0. The van der Waals surface area contributed by atoms with Gasteiger partial charge in [-0.2, -0.15) is 0 Å². The van der Waals surface area contributed by atoms with E-state index in [1.807, 2.05) is 53.4 Å². The van der Waals surface area contributed by atoms with E-state index in [9.17, 15) is 4.79 Å². The molecule has 0 unspecified atom stereocenters. The molecule has 3 heterocycles. The first kappa shape index (κ1) is 20.8. The molecular weight excluding hydrogens is 490 g/mol. The minimum Gasteiger partial charge on any atom is -0.337 e. The quantitative estimate of drug-likeness (QED) is 0.387. The number of halogens is 2. The van der Waals surface area contributed by atoms with Crippen molar-refractivity contribution in [2.24, 2.45) is 0 Å². The molecule has 1 saturated heterocycles. The van der Waals surface area contributed by atoms with Gasteiger partial charge in [0.25, 0.3) is 5.91 Å². The molecule has 0 saturated carbocycles. The van der Waals surface area contributed by atoms with Crippen molar-refractivity contribution in [3.05, 3.63) is 82.0 Å². The Morgan fingerprint density at radius 2 is 1.69 bits per heavy atom. The Kier molecular flexibility index (Phi) is 5.76. The molecule has 0 spiro atoms. The summed E-state index contributed by atoms with van der Waals surface area (Å²) in [4.78, 5) is 31.0. The fraction of sp³-hybridized carbons (Fsp3) is 0.167. The summed E-state index contributed by atoms with van der Waals surface area (Å²) < 4.78 is 0.900. The third-order valence-corrected chi connectivity index (χ3v) is 6.38. The molecular formula is C24H19BrClN5O. The van der Waals surface area contributed by atoms with Crippen LogP contribution >= 0.6 is 27.5 Å². The monoisotopic (exact) mass is 507 g/mol. The van der Waals surface area contributed by atoms with Crippen LogP contribution in [-0.4, -0.2) is 51.9 Å². The molecule has 6 nitrogen and oxygen atoms in total. The smallest absolute Gasteiger partial charge is 0.254 e. The molecule has 2 aromatic heterocycles. The van der Waals surface area contributed by atoms with Crippen LogP contribution in [0.1, 0.15) is 10.4 Å². The summed E-state index contributed by atoms with van der Waals surface area (Å²) in [6.45, 7) is 2.55. The first-order chi connectivity index (χ1) is 15.6. The van der Waals surface area contributed by atoms with Crippen molar-refractivity contribution in [2.75, 3.05) is 31.1 Å². The normalized spacial score (nSPS) is 14.1. The molecule has 0 bridgehead atoms. The number of anilines is 1. The van der Waals surface area contributed by atoms with E-state index < -0.39 is 0 Å². The average molecular weight is 509 g/mol. The van der Waals surface area contributed by atoms with E-state index in [2.05, 4.69) is 30.8 Å². The number of aromatic nitrogens is 3. The summed E-state index contributed by atoms with van der Waals surface area (Å²) in [5.74, 6) is 0.677. The van der Waals surface area contributed by atoms with Crippen molar-refractivity contribution in [1.29, 1.82) is 0 Å². The third-order valence-electron chi connectivity index (χ3n) is 5.55. The third kappa shape index (κ3) is 4.06. The minimum absolute atomic E-state index is 0.0163. The molecule has 5 rings (SSSR count). The molecule has 32 heavy (non-hydrogen) atoms. The number of pyridine rings is 1. The van der Waals surface area contributed by atoms with Gasteiger partial charge in [0.2, 0.25) is 5.95 Å². The zero-order valence-electron chi connectivity index (χ0n) is 17.1. The Labute approximate surface area is 199 Å². The number of piperazine rings is 1. The lowest BCUT2D eigenvalue weighted by molar-refractivity contribution is 0.0748. The van der Waals surface area contributed by atoms with E-state index in [0.717, 1.165) is 20.9 Å². The van der Waals surface area contributed by atoms with E-state index in [1.54, 1.807) is 18.5 Å². The largest absolute Gasteiger partial charge is 0.337 e. The van der Waals surface area contributed by atoms with Gasteiger partial charge in [0.15, 0.2) is 0 Å². The van der Waals surface area contributed by atoms with Crippen LogP contribution < -0.4 is 4.90 Å². The number of amides is 1. The molecule has 1 aliphatic heterocycles. The number of rotatable bonds is 3. The van der Waals surface area contributed by atoms with Gasteiger partial charge in [0.1, 0.15) is 0 Å². The molecule has 4 aromatic rings. The van der Waals surface area contributed by atoms with Crippen molar-refractivity contribution in [3.63, 3.8) is 0 Å². The molecule has 1 aliphatic rings. The van der Waals surface area contributed by atoms with Crippen molar-refractivity contribution >= 4 is 50.3 Å². The number of benzene rings is 2. The van der Waals surface area contributed by atoms with Gasteiger partial charge in [-0.15, -0.1) is 0 Å². The highest BCUT2D eigenvalue weighted by atomic mass is 79.9. The minimum atomic E-state index is -0.0163.